The highest BCUT2D eigenvalue weighted by molar-refractivity contribution is 5.94. The Morgan fingerprint density at radius 1 is 1.14 bits per heavy atom. The second-order valence-corrected chi connectivity index (χ2v) is 7.80. The molecule has 0 radical (unpaired) electrons. The molecule has 2 aromatic carbocycles. The minimum absolute atomic E-state index is 0.194. The quantitative estimate of drug-likeness (QED) is 0.672. The number of carbonyl (C=O) groups excluding carboxylic acids is 1. The maximum atomic E-state index is 13.1. The van der Waals surface area contributed by atoms with Crippen LogP contribution in [-0.2, 0) is 9.53 Å². The number of nitrogens with one attached hydrogen (secondary N) is 1. The van der Waals surface area contributed by atoms with Crippen molar-refractivity contribution in [2.24, 2.45) is 0 Å². The molecule has 2 heterocycles. The van der Waals surface area contributed by atoms with Gasteiger partial charge >= 0.3 is 5.97 Å². The minimum atomic E-state index is -0.318. The summed E-state index contributed by atoms with van der Waals surface area (Å²) in [6.07, 6.45) is -0.194. The molecular weight excluding hydrogens is 364 g/mol. The Labute approximate surface area is 170 Å². The number of hydrogen-bond acceptors (Lipinski definition) is 5. The van der Waals surface area contributed by atoms with Crippen LogP contribution in [0.3, 0.4) is 0 Å². The van der Waals surface area contributed by atoms with Gasteiger partial charge in [0.25, 0.3) is 0 Å². The van der Waals surface area contributed by atoms with Crippen LogP contribution in [0.4, 0.5) is 11.6 Å². The predicted octanol–water partition coefficient (Wildman–Crippen LogP) is 4.34. The molecule has 1 atom stereocenters. The third kappa shape index (κ3) is 3.35. The highest BCUT2D eigenvalue weighted by Gasteiger charge is 2.35. The average molecular weight is 390 g/mol. The van der Waals surface area contributed by atoms with Crippen molar-refractivity contribution in [1.29, 1.82) is 0 Å². The van der Waals surface area contributed by atoms with Crippen molar-refractivity contribution in [2.45, 2.75) is 32.9 Å². The molecule has 1 N–H and O–H groups in total. The Kier molecular flexibility index (Phi) is 4.78. The number of esters is 1. The second-order valence-electron chi connectivity index (χ2n) is 7.80. The molecule has 3 aromatic rings. The normalized spacial score (nSPS) is 16.0. The standard InChI is InChI=1S/C23H26N4O2/c1-14(2)29-22(28)20-15(3)24-23-25-18-8-6-7-9-19(18)27(23)21(20)16-10-12-17(13-11-16)26(4)5/h6-14,21H,1-5H3,(H,24,25)/t21-/m0/s1. The van der Waals surface area contributed by atoms with Crippen LogP contribution in [0.15, 0.2) is 59.8 Å². The van der Waals surface area contributed by atoms with Crippen molar-refractivity contribution in [1.82, 2.24) is 9.55 Å². The topological polar surface area (TPSA) is 59.4 Å². The summed E-state index contributed by atoms with van der Waals surface area (Å²) in [5.74, 6) is 0.418. The number of anilines is 2. The van der Waals surface area contributed by atoms with Crippen molar-refractivity contribution < 1.29 is 9.53 Å². The van der Waals surface area contributed by atoms with Crippen molar-refractivity contribution in [3.05, 3.63) is 65.4 Å². The van der Waals surface area contributed by atoms with Crippen molar-refractivity contribution in [3.63, 3.8) is 0 Å². The molecule has 0 unspecified atom stereocenters. The fourth-order valence-electron chi connectivity index (χ4n) is 3.78. The highest BCUT2D eigenvalue weighted by Crippen LogP contribution is 2.40. The van der Waals surface area contributed by atoms with Gasteiger partial charge in [-0.3, -0.25) is 4.57 Å². The van der Waals surface area contributed by atoms with E-state index in [9.17, 15) is 4.79 Å². The van der Waals surface area contributed by atoms with Gasteiger partial charge in [0.2, 0.25) is 5.95 Å². The monoisotopic (exact) mass is 390 g/mol. The zero-order valence-corrected chi connectivity index (χ0v) is 17.4. The molecule has 6 heteroatoms. The number of benzene rings is 2. The van der Waals surface area contributed by atoms with Gasteiger partial charge in [-0.05, 0) is 50.6 Å². The summed E-state index contributed by atoms with van der Waals surface area (Å²) < 4.78 is 7.69. The van der Waals surface area contributed by atoms with Crippen LogP contribution < -0.4 is 10.2 Å². The van der Waals surface area contributed by atoms with Gasteiger partial charge in [-0.1, -0.05) is 24.3 Å². The largest absolute Gasteiger partial charge is 0.459 e. The molecule has 150 valence electrons. The maximum absolute atomic E-state index is 13.1. The summed E-state index contributed by atoms with van der Waals surface area (Å²) in [4.78, 5) is 19.9. The molecule has 0 saturated heterocycles. The van der Waals surface area contributed by atoms with Crippen LogP contribution in [-0.4, -0.2) is 35.7 Å². The fraction of sp³-hybridized carbons (Fsp3) is 0.304. The van der Waals surface area contributed by atoms with E-state index in [1.165, 1.54) is 0 Å². The first-order chi connectivity index (χ1) is 13.9. The number of aromatic nitrogens is 2. The number of rotatable bonds is 4. The highest BCUT2D eigenvalue weighted by atomic mass is 16.5. The maximum Gasteiger partial charge on any atom is 0.338 e. The number of fused-ring (bicyclic) bond motifs is 3. The fourth-order valence-corrected chi connectivity index (χ4v) is 3.78. The second kappa shape index (κ2) is 7.28. The van der Waals surface area contributed by atoms with E-state index in [4.69, 9.17) is 9.72 Å². The summed E-state index contributed by atoms with van der Waals surface area (Å²) in [6.45, 7) is 5.63. The first kappa shape index (κ1) is 19.1. The molecule has 1 aliphatic rings. The number of ether oxygens (including phenoxy) is 1. The molecule has 0 aliphatic carbocycles. The molecule has 0 bridgehead atoms. The number of para-hydroxylation sites is 2. The Balaban J connectivity index is 1.92. The van der Waals surface area contributed by atoms with Crippen molar-refractivity contribution >= 4 is 28.6 Å². The molecule has 0 amide bonds. The van der Waals surface area contributed by atoms with E-state index in [1.54, 1.807) is 0 Å². The lowest BCUT2D eigenvalue weighted by molar-refractivity contribution is -0.143. The van der Waals surface area contributed by atoms with E-state index in [0.29, 0.717) is 5.57 Å². The van der Waals surface area contributed by atoms with Crippen LogP contribution in [0.5, 0.6) is 0 Å². The molecule has 0 fully saturated rings. The summed E-state index contributed by atoms with van der Waals surface area (Å²) in [5.41, 5.74) is 5.34. The Hall–Kier alpha value is -3.28. The summed E-state index contributed by atoms with van der Waals surface area (Å²) in [5, 5.41) is 3.31. The van der Waals surface area contributed by atoms with E-state index in [2.05, 4.69) is 39.0 Å². The summed E-state index contributed by atoms with van der Waals surface area (Å²) in [7, 11) is 4.02. The third-order valence-corrected chi connectivity index (χ3v) is 5.12. The molecule has 0 saturated carbocycles. The smallest absolute Gasteiger partial charge is 0.338 e. The van der Waals surface area contributed by atoms with Crippen LogP contribution in [0.1, 0.15) is 32.4 Å². The Bertz CT molecular complexity index is 1090. The number of nitrogens with zero attached hydrogens (tertiary/aromatic N) is 3. The van der Waals surface area contributed by atoms with Gasteiger partial charge in [0.05, 0.1) is 28.8 Å². The van der Waals surface area contributed by atoms with E-state index < -0.39 is 0 Å². The van der Waals surface area contributed by atoms with Gasteiger partial charge < -0.3 is 15.0 Å². The number of imidazole rings is 1. The van der Waals surface area contributed by atoms with Crippen molar-refractivity contribution in [2.75, 3.05) is 24.3 Å². The van der Waals surface area contributed by atoms with Gasteiger partial charge in [0, 0.05) is 25.5 Å². The molecule has 1 aliphatic heterocycles. The van der Waals surface area contributed by atoms with Gasteiger partial charge in [-0.15, -0.1) is 0 Å². The van der Waals surface area contributed by atoms with E-state index in [-0.39, 0.29) is 18.1 Å². The zero-order chi connectivity index (χ0) is 20.7. The Morgan fingerprint density at radius 3 is 2.48 bits per heavy atom. The summed E-state index contributed by atoms with van der Waals surface area (Å²) >= 11 is 0. The molecule has 29 heavy (non-hydrogen) atoms. The first-order valence-corrected chi connectivity index (χ1v) is 9.80. The molecular formula is C23H26N4O2. The lowest BCUT2D eigenvalue weighted by atomic mass is 9.94. The summed E-state index contributed by atoms with van der Waals surface area (Å²) in [6, 6.07) is 15.9. The third-order valence-electron chi connectivity index (χ3n) is 5.12. The lowest BCUT2D eigenvalue weighted by Crippen LogP contribution is -2.30. The number of carbonyl (C=O) groups is 1. The molecule has 0 spiro atoms. The number of allylic oxidation sites excluding steroid dienone is 1. The lowest BCUT2D eigenvalue weighted by Gasteiger charge is -2.30. The van der Waals surface area contributed by atoms with E-state index in [0.717, 1.165) is 33.9 Å². The van der Waals surface area contributed by atoms with Crippen LogP contribution in [0.2, 0.25) is 0 Å². The molecule has 1 aromatic heterocycles. The van der Waals surface area contributed by atoms with Gasteiger partial charge in [-0.25, -0.2) is 9.78 Å². The minimum Gasteiger partial charge on any atom is -0.459 e. The van der Waals surface area contributed by atoms with E-state index in [1.807, 2.05) is 59.1 Å². The Morgan fingerprint density at radius 2 is 1.83 bits per heavy atom. The van der Waals surface area contributed by atoms with Crippen molar-refractivity contribution in [3.8, 4) is 0 Å². The number of hydrogen-bond donors (Lipinski definition) is 1. The van der Waals surface area contributed by atoms with Gasteiger partial charge in [0.1, 0.15) is 0 Å². The molecule has 4 rings (SSSR count). The van der Waals surface area contributed by atoms with E-state index >= 15 is 0 Å². The first-order valence-electron chi connectivity index (χ1n) is 9.80. The van der Waals surface area contributed by atoms with Gasteiger partial charge in [-0.2, -0.15) is 0 Å². The van der Waals surface area contributed by atoms with Crippen LogP contribution in [0.25, 0.3) is 11.0 Å². The van der Waals surface area contributed by atoms with Gasteiger partial charge in [0.15, 0.2) is 0 Å². The average Bonchev–Trinajstić information content (AvgIpc) is 3.04. The van der Waals surface area contributed by atoms with Crippen LogP contribution in [0, 0.1) is 0 Å². The zero-order valence-electron chi connectivity index (χ0n) is 17.4. The SMILES string of the molecule is CC1=C(C(=O)OC(C)C)[C@H](c2ccc(N(C)C)cc2)n2c(nc3ccccc32)N1. The van der Waals surface area contributed by atoms with Crippen LogP contribution >= 0.6 is 0 Å². The molecule has 6 nitrogen and oxygen atoms in total. The predicted molar refractivity (Wildman–Crippen MR) is 116 cm³/mol.